The number of carbonyl (C=O) groups excluding carboxylic acids is 1. The van der Waals surface area contributed by atoms with Crippen LogP contribution in [-0.4, -0.2) is 18.2 Å². The Hall–Kier alpha value is -2.01. The Bertz CT molecular complexity index is 617. The van der Waals surface area contributed by atoms with Crippen LogP contribution in [0.5, 0.6) is 5.75 Å². The second kappa shape index (κ2) is 5.96. The minimum Gasteiger partial charge on any atom is -0.488 e. The molecule has 0 bridgehead atoms. The third-order valence-corrected chi connectivity index (χ3v) is 3.14. The van der Waals surface area contributed by atoms with Gasteiger partial charge in [-0.1, -0.05) is 16.8 Å². The number of hydrogen-bond acceptors (Lipinski definition) is 5. The van der Waals surface area contributed by atoms with Gasteiger partial charge in [0.2, 0.25) is 0 Å². The number of methoxy groups -OCH3 is 1. The van der Waals surface area contributed by atoms with Crippen LogP contribution in [-0.2, 0) is 11.3 Å². The number of aryl methyl sites for hydroxylation is 2. The summed E-state index contributed by atoms with van der Waals surface area (Å²) in [4.78, 5) is 11.7. The lowest BCUT2D eigenvalue weighted by Gasteiger charge is -2.10. The Morgan fingerprint density at radius 2 is 2.15 bits per heavy atom. The molecule has 0 radical (unpaired) electrons. The summed E-state index contributed by atoms with van der Waals surface area (Å²) in [6.45, 7) is 3.90. The Balaban J connectivity index is 2.23. The fourth-order valence-corrected chi connectivity index (χ4v) is 1.93. The average Bonchev–Trinajstić information content (AvgIpc) is 2.76. The summed E-state index contributed by atoms with van der Waals surface area (Å²) in [6, 6.07) is 4.79. The van der Waals surface area contributed by atoms with Gasteiger partial charge < -0.3 is 14.0 Å². The highest BCUT2D eigenvalue weighted by molar-refractivity contribution is 6.31. The van der Waals surface area contributed by atoms with Gasteiger partial charge in [0.25, 0.3) is 0 Å². The predicted molar refractivity (Wildman–Crippen MR) is 73.1 cm³/mol. The molecule has 0 unspecified atom stereocenters. The van der Waals surface area contributed by atoms with Crippen molar-refractivity contribution in [2.75, 3.05) is 7.11 Å². The SMILES string of the molecule is COC(=O)c1cc(Cl)ccc1OCc1c(C)noc1C. The highest BCUT2D eigenvalue weighted by atomic mass is 35.5. The summed E-state index contributed by atoms with van der Waals surface area (Å²) in [5.41, 5.74) is 1.90. The fraction of sp³-hybridized carbons (Fsp3) is 0.286. The number of nitrogens with zero attached hydrogens (tertiary/aromatic N) is 1. The van der Waals surface area contributed by atoms with Crippen molar-refractivity contribution in [2.45, 2.75) is 20.5 Å². The van der Waals surface area contributed by atoms with Crippen molar-refractivity contribution in [3.05, 3.63) is 45.8 Å². The normalized spacial score (nSPS) is 10.4. The third-order valence-electron chi connectivity index (χ3n) is 2.90. The maximum Gasteiger partial charge on any atom is 0.341 e. The van der Waals surface area contributed by atoms with Crippen LogP contribution in [0.25, 0.3) is 0 Å². The van der Waals surface area contributed by atoms with E-state index < -0.39 is 5.97 Å². The molecule has 1 aromatic carbocycles. The summed E-state index contributed by atoms with van der Waals surface area (Å²) < 4.78 is 15.4. The van der Waals surface area contributed by atoms with Crippen molar-refractivity contribution in [1.29, 1.82) is 0 Å². The van der Waals surface area contributed by atoms with E-state index in [1.165, 1.54) is 13.2 Å². The number of aromatic nitrogens is 1. The quantitative estimate of drug-likeness (QED) is 0.810. The Labute approximate surface area is 121 Å². The van der Waals surface area contributed by atoms with Gasteiger partial charge in [0.15, 0.2) is 0 Å². The molecule has 0 fully saturated rings. The van der Waals surface area contributed by atoms with Gasteiger partial charge in [-0.3, -0.25) is 0 Å². The molecule has 0 aliphatic carbocycles. The highest BCUT2D eigenvalue weighted by Gasteiger charge is 2.16. The van der Waals surface area contributed by atoms with Gasteiger partial charge in [-0.25, -0.2) is 4.79 Å². The summed E-state index contributed by atoms with van der Waals surface area (Å²) in [5.74, 6) is 0.596. The zero-order chi connectivity index (χ0) is 14.7. The smallest absolute Gasteiger partial charge is 0.341 e. The molecule has 0 aliphatic rings. The van der Waals surface area contributed by atoms with Crippen LogP contribution in [0.2, 0.25) is 5.02 Å². The zero-order valence-corrected chi connectivity index (χ0v) is 12.2. The molecule has 0 aliphatic heterocycles. The van der Waals surface area contributed by atoms with Crippen molar-refractivity contribution in [3.63, 3.8) is 0 Å². The van der Waals surface area contributed by atoms with Crippen molar-refractivity contribution in [2.24, 2.45) is 0 Å². The molecule has 0 spiro atoms. The molecule has 6 heteroatoms. The lowest BCUT2D eigenvalue weighted by molar-refractivity contribution is 0.0595. The van der Waals surface area contributed by atoms with Crippen molar-refractivity contribution >= 4 is 17.6 Å². The molecule has 5 nitrogen and oxygen atoms in total. The Morgan fingerprint density at radius 3 is 2.75 bits per heavy atom. The molecule has 0 atom stereocenters. The van der Waals surface area contributed by atoms with Gasteiger partial charge in [-0.15, -0.1) is 0 Å². The van der Waals surface area contributed by atoms with E-state index in [4.69, 9.17) is 25.6 Å². The number of carbonyl (C=O) groups is 1. The third kappa shape index (κ3) is 2.93. The molecule has 20 heavy (non-hydrogen) atoms. The molecule has 1 aromatic heterocycles. The molecule has 0 saturated carbocycles. The van der Waals surface area contributed by atoms with Gasteiger partial charge in [0.05, 0.1) is 18.4 Å². The molecular formula is C14H14ClNO4. The molecule has 0 amide bonds. The van der Waals surface area contributed by atoms with Crippen molar-refractivity contribution in [3.8, 4) is 5.75 Å². The summed E-state index contributed by atoms with van der Waals surface area (Å²) >= 11 is 5.88. The number of benzene rings is 1. The average molecular weight is 296 g/mol. The van der Waals surface area contributed by atoms with Gasteiger partial charge in [-0.05, 0) is 32.0 Å². The first-order valence-electron chi connectivity index (χ1n) is 5.95. The number of rotatable bonds is 4. The maximum atomic E-state index is 11.7. The molecule has 106 valence electrons. The van der Waals surface area contributed by atoms with Gasteiger partial charge in [0, 0.05) is 5.02 Å². The van der Waals surface area contributed by atoms with Crippen LogP contribution in [0.1, 0.15) is 27.4 Å². The van der Waals surface area contributed by atoms with Crippen molar-refractivity contribution < 1.29 is 18.8 Å². The highest BCUT2D eigenvalue weighted by Crippen LogP contribution is 2.25. The molecule has 0 saturated heterocycles. The van der Waals surface area contributed by atoms with Crippen LogP contribution in [0.3, 0.4) is 0 Å². The molecule has 1 heterocycles. The minimum atomic E-state index is -0.499. The standard InChI is InChI=1S/C14H14ClNO4/c1-8-12(9(2)20-16-8)7-19-13-5-4-10(15)6-11(13)14(17)18-3/h4-6H,7H2,1-3H3. The van der Waals surface area contributed by atoms with E-state index in [9.17, 15) is 4.79 Å². The second-order valence-corrected chi connectivity index (χ2v) is 4.66. The van der Waals surface area contributed by atoms with Gasteiger partial charge >= 0.3 is 5.97 Å². The van der Waals surface area contributed by atoms with Gasteiger partial charge in [-0.2, -0.15) is 0 Å². The second-order valence-electron chi connectivity index (χ2n) is 4.22. The van der Waals surface area contributed by atoms with Crippen LogP contribution in [0.4, 0.5) is 0 Å². The zero-order valence-electron chi connectivity index (χ0n) is 11.4. The topological polar surface area (TPSA) is 61.6 Å². The van der Waals surface area contributed by atoms with Crippen LogP contribution >= 0.6 is 11.6 Å². The van der Waals surface area contributed by atoms with Crippen LogP contribution < -0.4 is 4.74 Å². The van der Waals surface area contributed by atoms with Crippen molar-refractivity contribution in [1.82, 2.24) is 5.16 Å². The lowest BCUT2D eigenvalue weighted by Crippen LogP contribution is -2.06. The first-order chi connectivity index (χ1) is 9.52. The van der Waals surface area contributed by atoms with Gasteiger partial charge in [0.1, 0.15) is 23.7 Å². The van der Waals surface area contributed by atoms with E-state index in [1.54, 1.807) is 12.1 Å². The fourth-order valence-electron chi connectivity index (χ4n) is 1.76. The van der Waals surface area contributed by atoms with E-state index in [0.29, 0.717) is 16.5 Å². The summed E-state index contributed by atoms with van der Waals surface area (Å²) in [7, 11) is 1.31. The summed E-state index contributed by atoms with van der Waals surface area (Å²) in [6.07, 6.45) is 0. The monoisotopic (exact) mass is 295 g/mol. The Morgan fingerprint density at radius 1 is 1.40 bits per heavy atom. The first-order valence-corrected chi connectivity index (χ1v) is 6.33. The lowest BCUT2D eigenvalue weighted by atomic mass is 10.2. The van der Waals surface area contributed by atoms with E-state index in [1.807, 2.05) is 13.8 Å². The first kappa shape index (κ1) is 14.4. The van der Waals surface area contributed by atoms with Crippen LogP contribution in [0.15, 0.2) is 22.7 Å². The van der Waals surface area contributed by atoms with E-state index in [2.05, 4.69) is 5.16 Å². The maximum absolute atomic E-state index is 11.7. The van der Waals surface area contributed by atoms with Crippen LogP contribution in [0, 0.1) is 13.8 Å². The Kier molecular flexibility index (Phi) is 4.29. The number of hydrogen-bond donors (Lipinski definition) is 0. The number of esters is 1. The predicted octanol–water partition coefficient (Wildman–Crippen LogP) is 3.31. The largest absolute Gasteiger partial charge is 0.488 e. The van der Waals surface area contributed by atoms with E-state index in [0.717, 1.165) is 11.3 Å². The number of halogens is 1. The molecule has 0 N–H and O–H groups in total. The molecule has 2 rings (SSSR count). The molecular weight excluding hydrogens is 282 g/mol. The molecule has 2 aromatic rings. The minimum absolute atomic E-state index is 0.257. The number of ether oxygens (including phenoxy) is 2. The summed E-state index contributed by atoms with van der Waals surface area (Å²) in [5, 5.41) is 4.29. The van der Waals surface area contributed by atoms with E-state index >= 15 is 0 Å². The van der Waals surface area contributed by atoms with E-state index in [-0.39, 0.29) is 12.2 Å².